The summed E-state index contributed by atoms with van der Waals surface area (Å²) in [5.74, 6) is 2.67. The maximum Gasteiger partial charge on any atom is 0.259 e. The van der Waals surface area contributed by atoms with Gasteiger partial charge in [0, 0.05) is 24.7 Å². The predicted molar refractivity (Wildman–Crippen MR) is 126 cm³/mol. The van der Waals surface area contributed by atoms with Gasteiger partial charge in [-0.15, -0.1) is 0 Å². The van der Waals surface area contributed by atoms with Crippen molar-refractivity contribution in [3.63, 3.8) is 0 Å². The standard InChI is InChI=1S/C26H32N4O2/c1-26(2,3)25-28-18-22(23(29-25)27-17-21-10-7-15-32-21)24(31)30-13-11-20(12-14-30)16-19-8-5-4-6-9-19/h4-10,15,18,20H,11-14,16-17H2,1-3H3,(H,27,28,29). The number of hydrogen-bond donors (Lipinski definition) is 1. The highest BCUT2D eigenvalue weighted by atomic mass is 16.3. The van der Waals surface area contributed by atoms with Gasteiger partial charge in [0.05, 0.1) is 12.8 Å². The first-order chi connectivity index (χ1) is 15.4. The lowest BCUT2D eigenvalue weighted by Crippen LogP contribution is -2.39. The van der Waals surface area contributed by atoms with Gasteiger partial charge in [-0.25, -0.2) is 9.97 Å². The second kappa shape index (κ2) is 9.55. The molecule has 0 unspecified atom stereocenters. The number of hydrogen-bond acceptors (Lipinski definition) is 5. The molecule has 6 nitrogen and oxygen atoms in total. The maximum absolute atomic E-state index is 13.4. The molecule has 1 aliphatic rings. The fourth-order valence-corrected chi connectivity index (χ4v) is 4.08. The van der Waals surface area contributed by atoms with Crippen LogP contribution in [0.4, 0.5) is 5.82 Å². The Labute approximate surface area is 190 Å². The molecule has 0 bridgehead atoms. The van der Waals surface area contributed by atoms with Gasteiger partial charge in [-0.05, 0) is 42.9 Å². The average molecular weight is 433 g/mol. The van der Waals surface area contributed by atoms with Crippen LogP contribution in [0.15, 0.2) is 59.3 Å². The van der Waals surface area contributed by atoms with Crippen LogP contribution < -0.4 is 5.32 Å². The molecule has 6 heteroatoms. The zero-order chi connectivity index (χ0) is 22.6. The van der Waals surface area contributed by atoms with Crippen molar-refractivity contribution < 1.29 is 9.21 Å². The van der Waals surface area contributed by atoms with E-state index < -0.39 is 0 Å². The van der Waals surface area contributed by atoms with Gasteiger partial charge in [0.1, 0.15) is 23.0 Å². The third-order valence-electron chi connectivity index (χ3n) is 5.97. The van der Waals surface area contributed by atoms with Crippen molar-refractivity contribution >= 4 is 11.7 Å². The van der Waals surface area contributed by atoms with Crippen LogP contribution in [-0.4, -0.2) is 33.9 Å². The Hall–Kier alpha value is -3.15. The van der Waals surface area contributed by atoms with E-state index in [2.05, 4.69) is 61.4 Å². The minimum absolute atomic E-state index is 0.00874. The molecule has 1 aliphatic heterocycles. The number of amides is 1. The summed E-state index contributed by atoms with van der Waals surface area (Å²) in [6.07, 6.45) is 6.41. The molecule has 0 atom stereocenters. The molecule has 32 heavy (non-hydrogen) atoms. The maximum atomic E-state index is 13.4. The van der Waals surface area contributed by atoms with Crippen LogP contribution in [0.2, 0.25) is 0 Å². The van der Waals surface area contributed by atoms with Gasteiger partial charge >= 0.3 is 0 Å². The van der Waals surface area contributed by atoms with Crippen molar-refractivity contribution in [1.82, 2.24) is 14.9 Å². The smallest absolute Gasteiger partial charge is 0.259 e. The first kappa shape index (κ1) is 22.1. The number of rotatable bonds is 6. The molecule has 3 heterocycles. The number of nitrogens with one attached hydrogen (secondary N) is 1. The van der Waals surface area contributed by atoms with Crippen LogP contribution in [0, 0.1) is 5.92 Å². The molecule has 2 aromatic heterocycles. The molecule has 1 saturated heterocycles. The molecule has 0 aliphatic carbocycles. The van der Waals surface area contributed by atoms with Crippen LogP contribution in [0.3, 0.4) is 0 Å². The Balaban J connectivity index is 1.46. The third kappa shape index (κ3) is 5.36. The van der Waals surface area contributed by atoms with Crippen LogP contribution in [-0.2, 0) is 18.4 Å². The van der Waals surface area contributed by atoms with Crippen molar-refractivity contribution in [2.75, 3.05) is 18.4 Å². The summed E-state index contributed by atoms with van der Waals surface area (Å²) in [6.45, 7) is 8.18. The van der Waals surface area contributed by atoms with Crippen molar-refractivity contribution in [2.45, 2.75) is 52.0 Å². The van der Waals surface area contributed by atoms with E-state index in [0.717, 1.165) is 38.1 Å². The lowest BCUT2D eigenvalue weighted by atomic mass is 9.90. The summed E-state index contributed by atoms with van der Waals surface area (Å²) in [7, 11) is 0. The largest absolute Gasteiger partial charge is 0.467 e. The molecular formula is C26H32N4O2. The summed E-state index contributed by atoms with van der Waals surface area (Å²) in [6, 6.07) is 14.3. The Morgan fingerprint density at radius 3 is 2.53 bits per heavy atom. The van der Waals surface area contributed by atoms with Crippen LogP contribution in [0.25, 0.3) is 0 Å². The van der Waals surface area contributed by atoms with Crippen molar-refractivity contribution in [3.8, 4) is 0 Å². The van der Waals surface area contributed by atoms with Gasteiger partial charge in [-0.1, -0.05) is 51.1 Å². The molecule has 4 rings (SSSR count). The monoisotopic (exact) mass is 432 g/mol. The molecule has 0 saturated carbocycles. The number of piperidine rings is 1. The van der Waals surface area contributed by atoms with E-state index in [0.29, 0.717) is 29.7 Å². The van der Waals surface area contributed by atoms with Gasteiger partial charge in [0.2, 0.25) is 0 Å². The summed E-state index contributed by atoms with van der Waals surface area (Å²) in [5, 5.41) is 3.30. The first-order valence-electron chi connectivity index (χ1n) is 11.4. The Kier molecular flexibility index (Phi) is 6.58. The van der Waals surface area contributed by atoms with Crippen LogP contribution >= 0.6 is 0 Å². The number of anilines is 1. The van der Waals surface area contributed by atoms with Gasteiger partial charge in [0.25, 0.3) is 5.91 Å². The highest BCUT2D eigenvalue weighted by Gasteiger charge is 2.27. The number of nitrogens with zero attached hydrogens (tertiary/aromatic N) is 3. The molecule has 168 valence electrons. The lowest BCUT2D eigenvalue weighted by molar-refractivity contribution is 0.0690. The summed E-state index contributed by atoms with van der Waals surface area (Å²) in [5.41, 5.74) is 1.68. The lowest BCUT2D eigenvalue weighted by Gasteiger charge is -2.32. The quantitative estimate of drug-likeness (QED) is 0.588. The summed E-state index contributed by atoms with van der Waals surface area (Å²) in [4.78, 5) is 24.6. The molecule has 1 fully saturated rings. The summed E-state index contributed by atoms with van der Waals surface area (Å²) < 4.78 is 5.43. The topological polar surface area (TPSA) is 71.3 Å². The van der Waals surface area contributed by atoms with Crippen LogP contribution in [0.5, 0.6) is 0 Å². The second-order valence-electron chi connectivity index (χ2n) is 9.56. The number of benzene rings is 1. The molecule has 1 amide bonds. The van der Waals surface area contributed by atoms with Crippen molar-refractivity contribution in [1.29, 1.82) is 0 Å². The molecular weight excluding hydrogens is 400 g/mol. The van der Waals surface area contributed by atoms with E-state index in [1.54, 1.807) is 12.5 Å². The van der Waals surface area contributed by atoms with E-state index in [-0.39, 0.29) is 11.3 Å². The molecule has 0 radical (unpaired) electrons. The predicted octanol–water partition coefficient (Wildman–Crippen LogP) is 5.07. The Morgan fingerprint density at radius 2 is 1.88 bits per heavy atom. The van der Waals surface area contributed by atoms with Gasteiger partial charge in [-0.3, -0.25) is 4.79 Å². The minimum Gasteiger partial charge on any atom is -0.467 e. The summed E-state index contributed by atoms with van der Waals surface area (Å²) >= 11 is 0. The highest BCUT2D eigenvalue weighted by Crippen LogP contribution is 2.26. The SMILES string of the molecule is CC(C)(C)c1ncc(C(=O)N2CCC(Cc3ccccc3)CC2)c(NCc2ccco2)n1. The zero-order valence-electron chi connectivity index (χ0n) is 19.2. The Bertz CT molecular complexity index is 1020. The second-order valence-corrected chi connectivity index (χ2v) is 9.56. The minimum atomic E-state index is -0.210. The molecule has 0 spiro atoms. The van der Waals surface area contributed by atoms with Crippen molar-refractivity contribution in [3.05, 3.63) is 77.6 Å². The van der Waals surface area contributed by atoms with E-state index in [1.807, 2.05) is 17.0 Å². The fraction of sp³-hybridized carbons (Fsp3) is 0.423. The molecule has 1 N–H and O–H groups in total. The fourth-order valence-electron chi connectivity index (χ4n) is 4.08. The van der Waals surface area contributed by atoms with Crippen LogP contribution in [0.1, 0.15) is 61.1 Å². The zero-order valence-corrected chi connectivity index (χ0v) is 19.2. The number of carbonyl (C=O) groups excluding carboxylic acids is 1. The first-order valence-corrected chi connectivity index (χ1v) is 11.4. The van der Waals surface area contributed by atoms with E-state index in [1.165, 1.54) is 5.56 Å². The Morgan fingerprint density at radius 1 is 1.12 bits per heavy atom. The number of aromatic nitrogens is 2. The van der Waals surface area contributed by atoms with Gasteiger partial charge < -0.3 is 14.6 Å². The van der Waals surface area contributed by atoms with E-state index >= 15 is 0 Å². The van der Waals surface area contributed by atoms with E-state index in [4.69, 9.17) is 9.40 Å². The highest BCUT2D eigenvalue weighted by molar-refractivity contribution is 5.98. The number of likely N-dealkylation sites (tertiary alicyclic amines) is 1. The number of carbonyl (C=O) groups is 1. The molecule has 3 aromatic rings. The van der Waals surface area contributed by atoms with Gasteiger partial charge in [-0.2, -0.15) is 0 Å². The molecule has 1 aromatic carbocycles. The third-order valence-corrected chi connectivity index (χ3v) is 5.97. The van der Waals surface area contributed by atoms with Crippen molar-refractivity contribution in [2.24, 2.45) is 5.92 Å². The average Bonchev–Trinajstić information content (AvgIpc) is 3.31. The van der Waals surface area contributed by atoms with Gasteiger partial charge in [0.15, 0.2) is 0 Å². The number of furan rings is 1. The normalized spacial score (nSPS) is 15.0. The van der Waals surface area contributed by atoms with E-state index in [9.17, 15) is 4.79 Å².